The first-order valence-corrected chi connectivity index (χ1v) is 9.90. The summed E-state index contributed by atoms with van der Waals surface area (Å²) in [6.07, 6.45) is 3.29. The second-order valence-electron chi connectivity index (χ2n) is 7.24. The maximum atomic E-state index is 13.1. The number of ether oxygens (including phenoxy) is 2. The van der Waals surface area contributed by atoms with Gasteiger partial charge in [-0.15, -0.1) is 0 Å². The summed E-state index contributed by atoms with van der Waals surface area (Å²) < 4.78 is 23.9. The summed E-state index contributed by atoms with van der Waals surface area (Å²) in [6, 6.07) is 10.9. The molecular formula is C23H22FN3O4. The molecule has 0 bridgehead atoms. The number of aromatic nitrogens is 2. The number of halogens is 1. The van der Waals surface area contributed by atoms with Crippen LogP contribution in [0.4, 0.5) is 10.1 Å². The number of nitrogens with zero attached hydrogens (tertiary/aromatic N) is 2. The summed E-state index contributed by atoms with van der Waals surface area (Å²) in [6.45, 7) is 2.59. The van der Waals surface area contributed by atoms with Crippen LogP contribution in [-0.2, 0) is 21.6 Å². The SMILES string of the molecule is CCOc1cc(CO)c(-c2ccc(C3(C(=O)Nc4ccc(F)cc4)COC3)nc2)cn1. The van der Waals surface area contributed by atoms with Crippen molar-refractivity contribution < 1.29 is 23.8 Å². The van der Waals surface area contributed by atoms with Crippen LogP contribution in [0.1, 0.15) is 18.2 Å². The smallest absolute Gasteiger partial charge is 0.241 e. The Balaban J connectivity index is 1.58. The summed E-state index contributed by atoms with van der Waals surface area (Å²) in [5, 5.41) is 12.5. The van der Waals surface area contributed by atoms with Crippen molar-refractivity contribution in [3.8, 4) is 17.0 Å². The first-order valence-electron chi connectivity index (χ1n) is 9.90. The van der Waals surface area contributed by atoms with Crippen LogP contribution in [0.3, 0.4) is 0 Å². The average Bonchev–Trinajstić information content (AvgIpc) is 2.75. The number of nitrogens with one attached hydrogen (secondary N) is 1. The van der Waals surface area contributed by atoms with Crippen molar-refractivity contribution in [1.29, 1.82) is 0 Å². The van der Waals surface area contributed by atoms with E-state index in [4.69, 9.17) is 9.47 Å². The lowest BCUT2D eigenvalue weighted by atomic mass is 9.80. The van der Waals surface area contributed by atoms with Gasteiger partial charge in [-0.2, -0.15) is 0 Å². The number of aliphatic hydroxyl groups is 1. The molecule has 0 saturated carbocycles. The number of rotatable bonds is 7. The van der Waals surface area contributed by atoms with Crippen molar-refractivity contribution in [2.75, 3.05) is 25.1 Å². The number of amides is 1. The fraction of sp³-hybridized carbons (Fsp3) is 0.261. The third-order valence-electron chi connectivity index (χ3n) is 5.23. The van der Waals surface area contributed by atoms with Gasteiger partial charge in [-0.25, -0.2) is 9.37 Å². The molecule has 31 heavy (non-hydrogen) atoms. The van der Waals surface area contributed by atoms with Gasteiger partial charge in [0.15, 0.2) is 0 Å². The van der Waals surface area contributed by atoms with Gasteiger partial charge in [0.1, 0.15) is 11.2 Å². The Hall–Kier alpha value is -3.36. The zero-order valence-corrected chi connectivity index (χ0v) is 17.0. The monoisotopic (exact) mass is 423 g/mol. The first-order chi connectivity index (χ1) is 15.1. The summed E-state index contributed by atoms with van der Waals surface area (Å²) in [5.74, 6) is -0.185. The molecule has 1 fully saturated rings. The van der Waals surface area contributed by atoms with E-state index < -0.39 is 5.41 Å². The highest BCUT2D eigenvalue weighted by molar-refractivity contribution is 5.99. The average molecular weight is 423 g/mol. The van der Waals surface area contributed by atoms with Gasteiger partial charge in [0.2, 0.25) is 11.8 Å². The zero-order valence-electron chi connectivity index (χ0n) is 17.0. The van der Waals surface area contributed by atoms with Gasteiger partial charge in [-0.1, -0.05) is 6.07 Å². The molecule has 1 amide bonds. The Morgan fingerprint density at radius 1 is 1.19 bits per heavy atom. The number of carbonyl (C=O) groups excluding carboxylic acids is 1. The van der Waals surface area contributed by atoms with Crippen LogP contribution in [0, 0.1) is 5.82 Å². The van der Waals surface area contributed by atoms with Gasteiger partial charge in [0.25, 0.3) is 0 Å². The van der Waals surface area contributed by atoms with Gasteiger partial charge >= 0.3 is 0 Å². The molecule has 2 N–H and O–H groups in total. The minimum absolute atomic E-state index is 0.169. The topological polar surface area (TPSA) is 93.6 Å². The van der Waals surface area contributed by atoms with Crippen LogP contribution >= 0.6 is 0 Å². The van der Waals surface area contributed by atoms with E-state index in [9.17, 15) is 14.3 Å². The fourth-order valence-electron chi connectivity index (χ4n) is 3.41. The molecule has 0 unspecified atom stereocenters. The van der Waals surface area contributed by atoms with E-state index in [1.807, 2.05) is 13.0 Å². The van der Waals surface area contributed by atoms with Crippen molar-refractivity contribution in [3.63, 3.8) is 0 Å². The third kappa shape index (κ3) is 4.12. The third-order valence-corrected chi connectivity index (χ3v) is 5.23. The van der Waals surface area contributed by atoms with Crippen LogP contribution in [0.2, 0.25) is 0 Å². The van der Waals surface area contributed by atoms with E-state index in [2.05, 4.69) is 15.3 Å². The van der Waals surface area contributed by atoms with Crippen LogP contribution in [0.15, 0.2) is 54.9 Å². The van der Waals surface area contributed by atoms with Crippen LogP contribution in [0.25, 0.3) is 11.1 Å². The molecule has 0 spiro atoms. The van der Waals surface area contributed by atoms with Crippen molar-refractivity contribution in [3.05, 3.63) is 71.9 Å². The van der Waals surface area contributed by atoms with E-state index in [0.717, 1.165) is 11.1 Å². The zero-order chi connectivity index (χ0) is 21.8. The number of hydrogen-bond donors (Lipinski definition) is 2. The van der Waals surface area contributed by atoms with E-state index in [-0.39, 0.29) is 31.5 Å². The Kier molecular flexibility index (Phi) is 5.92. The second-order valence-corrected chi connectivity index (χ2v) is 7.24. The maximum absolute atomic E-state index is 13.1. The van der Waals surface area contributed by atoms with Crippen molar-refractivity contribution in [1.82, 2.24) is 9.97 Å². The van der Waals surface area contributed by atoms with E-state index in [1.165, 1.54) is 24.3 Å². The minimum atomic E-state index is -0.913. The molecule has 2 aromatic heterocycles. The molecule has 0 atom stereocenters. The number of anilines is 1. The lowest BCUT2D eigenvalue weighted by Gasteiger charge is -2.39. The summed E-state index contributed by atoms with van der Waals surface area (Å²) >= 11 is 0. The Bertz CT molecular complexity index is 1070. The van der Waals surface area contributed by atoms with Crippen molar-refractivity contribution in [2.45, 2.75) is 18.9 Å². The predicted molar refractivity (Wildman–Crippen MR) is 112 cm³/mol. The number of aliphatic hydroxyl groups excluding tert-OH is 1. The van der Waals surface area contributed by atoms with Gasteiger partial charge < -0.3 is 19.9 Å². The largest absolute Gasteiger partial charge is 0.478 e. The van der Waals surface area contributed by atoms with E-state index in [1.54, 1.807) is 24.5 Å². The first kappa shape index (κ1) is 20.9. The molecule has 160 valence electrons. The lowest BCUT2D eigenvalue weighted by molar-refractivity contribution is -0.140. The van der Waals surface area contributed by atoms with Crippen molar-refractivity contribution in [2.24, 2.45) is 0 Å². The predicted octanol–water partition coefficient (Wildman–Crippen LogP) is 3.08. The molecule has 8 heteroatoms. The Morgan fingerprint density at radius 2 is 1.97 bits per heavy atom. The van der Waals surface area contributed by atoms with Crippen LogP contribution in [-0.4, -0.2) is 40.8 Å². The standard InChI is InChI=1S/C23H22FN3O4/c1-2-31-21-9-16(12-28)19(11-26-21)15-3-8-20(25-10-15)23(13-30-14-23)22(29)27-18-6-4-17(24)5-7-18/h3-11,28H,2,12-14H2,1H3,(H,27,29). The molecule has 1 aromatic carbocycles. The molecule has 1 aliphatic rings. The number of benzene rings is 1. The van der Waals surface area contributed by atoms with Gasteiger partial charge in [0, 0.05) is 35.3 Å². The number of hydrogen-bond acceptors (Lipinski definition) is 6. The highest BCUT2D eigenvalue weighted by Crippen LogP contribution is 2.34. The quantitative estimate of drug-likeness (QED) is 0.607. The maximum Gasteiger partial charge on any atom is 0.241 e. The van der Waals surface area contributed by atoms with Crippen molar-refractivity contribution >= 4 is 11.6 Å². The van der Waals surface area contributed by atoms with E-state index >= 15 is 0 Å². The summed E-state index contributed by atoms with van der Waals surface area (Å²) in [7, 11) is 0. The number of carbonyl (C=O) groups is 1. The minimum Gasteiger partial charge on any atom is -0.478 e. The fourth-order valence-corrected chi connectivity index (χ4v) is 3.41. The molecule has 0 radical (unpaired) electrons. The summed E-state index contributed by atoms with van der Waals surface area (Å²) in [4.78, 5) is 21.8. The number of pyridine rings is 2. The summed E-state index contributed by atoms with van der Waals surface area (Å²) in [5.41, 5.74) is 2.33. The molecular weight excluding hydrogens is 401 g/mol. The highest BCUT2D eigenvalue weighted by Gasteiger charge is 2.48. The Morgan fingerprint density at radius 3 is 2.55 bits per heavy atom. The van der Waals surface area contributed by atoms with E-state index in [0.29, 0.717) is 29.4 Å². The van der Waals surface area contributed by atoms with Gasteiger partial charge in [-0.3, -0.25) is 9.78 Å². The molecule has 0 aliphatic carbocycles. The van der Waals surface area contributed by atoms with Crippen LogP contribution in [0.5, 0.6) is 5.88 Å². The van der Waals surface area contributed by atoms with Crippen LogP contribution < -0.4 is 10.1 Å². The highest BCUT2D eigenvalue weighted by atomic mass is 19.1. The second kappa shape index (κ2) is 8.79. The normalized spacial score (nSPS) is 14.5. The molecule has 3 aromatic rings. The molecule has 1 aliphatic heterocycles. The molecule has 1 saturated heterocycles. The molecule has 4 rings (SSSR count). The molecule has 7 nitrogen and oxygen atoms in total. The Labute approximate surface area is 178 Å². The van der Waals surface area contributed by atoms with Gasteiger partial charge in [0.05, 0.1) is 32.1 Å². The molecule has 3 heterocycles. The lowest BCUT2D eigenvalue weighted by Crippen LogP contribution is -2.56. The van der Waals surface area contributed by atoms with Gasteiger partial charge in [-0.05, 0) is 42.8 Å².